The fourth-order valence-corrected chi connectivity index (χ4v) is 3.81. The Morgan fingerprint density at radius 3 is 2.64 bits per heavy atom. The Bertz CT molecular complexity index is 980. The third-order valence-electron chi connectivity index (χ3n) is 4.39. The van der Waals surface area contributed by atoms with Crippen molar-refractivity contribution >= 4 is 29.0 Å². The summed E-state index contributed by atoms with van der Waals surface area (Å²) in [5.74, 6) is 2.49. The lowest BCUT2D eigenvalue weighted by Gasteiger charge is -2.07. The first-order chi connectivity index (χ1) is 12.2. The van der Waals surface area contributed by atoms with Crippen molar-refractivity contribution in [2.24, 2.45) is 0 Å². The zero-order valence-corrected chi connectivity index (χ0v) is 14.6. The quantitative estimate of drug-likeness (QED) is 0.715. The highest BCUT2D eigenvalue weighted by atomic mass is 35.5. The maximum atomic E-state index is 6.16. The number of nitrogens with one attached hydrogen (secondary N) is 1. The molecule has 126 valence electrons. The lowest BCUT2D eigenvalue weighted by Crippen LogP contribution is -2.04. The van der Waals surface area contributed by atoms with Crippen LogP contribution in [-0.4, -0.2) is 23.1 Å². The summed E-state index contributed by atoms with van der Waals surface area (Å²) in [5, 5.41) is 9.38. The number of fused-ring (bicyclic) bond motifs is 2. The number of benzene rings is 2. The van der Waals surface area contributed by atoms with Crippen LogP contribution in [0.5, 0.6) is 11.5 Å². The molecule has 2 aromatic carbocycles. The number of aromatic nitrogens is 2. The summed E-state index contributed by atoms with van der Waals surface area (Å²) in [4.78, 5) is 0. The van der Waals surface area contributed by atoms with E-state index in [1.165, 1.54) is 5.56 Å². The SMILES string of the molecule is Clc1cc(Cl)cc(-n2nc(-c3ccc4c(c3)OCO4)c3c2NCC3)c1. The van der Waals surface area contributed by atoms with Gasteiger partial charge in [0.1, 0.15) is 5.82 Å². The molecule has 2 aliphatic heterocycles. The van der Waals surface area contributed by atoms with E-state index in [1.807, 2.05) is 35.0 Å². The zero-order chi connectivity index (χ0) is 17.0. The molecule has 5 nitrogen and oxygen atoms in total. The Kier molecular flexibility index (Phi) is 3.33. The predicted octanol–water partition coefficient (Wildman–Crippen LogP) is 4.54. The Morgan fingerprint density at radius 1 is 1.00 bits per heavy atom. The van der Waals surface area contributed by atoms with E-state index in [2.05, 4.69) is 5.32 Å². The standard InChI is InChI=1S/C18H13Cl2N3O2/c19-11-6-12(20)8-13(7-11)23-18-14(3-4-21-18)17(22-23)10-1-2-15-16(5-10)25-9-24-15/h1-2,5-8,21H,3-4,9H2. The van der Waals surface area contributed by atoms with Gasteiger partial charge < -0.3 is 14.8 Å². The van der Waals surface area contributed by atoms with Gasteiger partial charge >= 0.3 is 0 Å². The van der Waals surface area contributed by atoms with Crippen molar-refractivity contribution in [3.63, 3.8) is 0 Å². The van der Waals surface area contributed by atoms with Crippen molar-refractivity contribution in [1.82, 2.24) is 9.78 Å². The van der Waals surface area contributed by atoms with E-state index >= 15 is 0 Å². The molecule has 0 atom stereocenters. The van der Waals surface area contributed by atoms with Gasteiger partial charge in [0, 0.05) is 27.7 Å². The maximum Gasteiger partial charge on any atom is 0.231 e. The lowest BCUT2D eigenvalue weighted by atomic mass is 10.1. The van der Waals surface area contributed by atoms with Crippen molar-refractivity contribution < 1.29 is 9.47 Å². The van der Waals surface area contributed by atoms with Crippen molar-refractivity contribution in [1.29, 1.82) is 0 Å². The molecule has 2 aliphatic rings. The second-order valence-corrected chi connectivity index (χ2v) is 6.83. The van der Waals surface area contributed by atoms with Crippen LogP contribution in [-0.2, 0) is 6.42 Å². The number of halogens is 2. The third kappa shape index (κ3) is 2.42. The molecular weight excluding hydrogens is 361 g/mol. The monoisotopic (exact) mass is 373 g/mol. The van der Waals surface area contributed by atoms with E-state index in [9.17, 15) is 0 Å². The van der Waals surface area contributed by atoms with Gasteiger partial charge in [-0.1, -0.05) is 23.2 Å². The molecule has 7 heteroatoms. The summed E-state index contributed by atoms with van der Waals surface area (Å²) in [6.07, 6.45) is 0.910. The second-order valence-electron chi connectivity index (χ2n) is 5.96. The van der Waals surface area contributed by atoms with Crippen LogP contribution in [0.2, 0.25) is 10.0 Å². The number of hydrogen-bond donors (Lipinski definition) is 1. The molecule has 5 rings (SSSR count). The first-order valence-electron chi connectivity index (χ1n) is 7.91. The van der Waals surface area contributed by atoms with Gasteiger partial charge in [-0.3, -0.25) is 0 Å². The number of anilines is 1. The van der Waals surface area contributed by atoms with Gasteiger partial charge in [-0.05, 0) is 42.8 Å². The predicted molar refractivity (Wildman–Crippen MR) is 97.3 cm³/mol. The molecule has 0 amide bonds. The van der Waals surface area contributed by atoms with Gasteiger partial charge in [0.05, 0.1) is 11.4 Å². The van der Waals surface area contributed by atoms with Crippen LogP contribution in [0.1, 0.15) is 5.56 Å². The van der Waals surface area contributed by atoms with Gasteiger partial charge in [-0.2, -0.15) is 5.10 Å². The molecule has 0 bridgehead atoms. The molecular formula is C18H13Cl2N3O2. The van der Waals surface area contributed by atoms with Gasteiger partial charge in [-0.15, -0.1) is 0 Å². The summed E-state index contributed by atoms with van der Waals surface area (Å²) < 4.78 is 12.7. The Morgan fingerprint density at radius 2 is 1.80 bits per heavy atom. The molecule has 25 heavy (non-hydrogen) atoms. The lowest BCUT2D eigenvalue weighted by molar-refractivity contribution is 0.174. The number of rotatable bonds is 2. The molecule has 1 aromatic heterocycles. The Balaban J connectivity index is 1.67. The van der Waals surface area contributed by atoms with Crippen LogP contribution in [0.4, 0.5) is 5.82 Å². The maximum absolute atomic E-state index is 6.16. The summed E-state index contributed by atoms with van der Waals surface area (Å²) in [6, 6.07) is 11.3. The first kappa shape index (κ1) is 14.9. The van der Waals surface area contributed by atoms with Gasteiger partial charge in [0.25, 0.3) is 0 Å². The van der Waals surface area contributed by atoms with Crippen LogP contribution in [0.25, 0.3) is 16.9 Å². The number of ether oxygens (including phenoxy) is 2. The molecule has 0 radical (unpaired) electrons. The van der Waals surface area contributed by atoms with Crippen molar-refractivity contribution in [3.8, 4) is 28.4 Å². The van der Waals surface area contributed by atoms with Crippen LogP contribution in [0.3, 0.4) is 0 Å². The zero-order valence-electron chi connectivity index (χ0n) is 13.1. The topological polar surface area (TPSA) is 48.3 Å². The normalized spacial score (nSPS) is 14.5. The third-order valence-corrected chi connectivity index (χ3v) is 4.83. The van der Waals surface area contributed by atoms with E-state index in [-0.39, 0.29) is 6.79 Å². The summed E-state index contributed by atoms with van der Waals surface area (Å²) in [5.41, 5.74) is 3.93. The summed E-state index contributed by atoms with van der Waals surface area (Å²) in [7, 11) is 0. The molecule has 0 fully saturated rings. The minimum Gasteiger partial charge on any atom is -0.454 e. The van der Waals surface area contributed by atoms with E-state index in [0.717, 1.165) is 47.2 Å². The second kappa shape index (κ2) is 5.58. The molecule has 0 saturated heterocycles. The first-order valence-corrected chi connectivity index (χ1v) is 8.67. The minimum atomic E-state index is 0.258. The minimum absolute atomic E-state index is 0.258. The molecule has 3 aromatic rings. The Hall–Kier alpha value is -2.37. The molecule has 0 saturated carbocycles. The van der Waals surface area contributed by atoms with Crippen molar-refractivity contribution in [3.05, 3.63) is 52.0 Å². The van der Waals surface area contributed by atoms with Crippen LogP contribution in [0.15, 0.2) is 36.4 Å². The van der Waals surface area contributed by atoms with Gasteiger partial charge in [0.15, 0.2) is 11.5 Å². The molecule has 3 heterocycles. The van der Waals surface area contributed by atoms with E-state index in [4.69, 9.17) is 37.8 Å². The highest BCUT2D eigenvalue weighted by Gasteiger charge is 2.25. The van der Waals surface area contributed by atoms with Crippen LogP contribution < -0.4 is 14.8 Å². The molecule has 0 unspecified atom stereocenters. The Labute approximate surface area is 154 Å². The number of nitrogens with zero attached hydrogens (tertiary/aromatic N) is 2. The van der Waals surface area contributed by atoms with Crippen LogP contribution in [0, 0.1) is 0 Å². The van der Waals surface area contributed by atoms with Crippen molar-refractivity contribution in [2.75, 3.05) is 18.7 Å². The number of hydrogen-bond acceptors (Lipinski definition) is 4. The molecule has 0 spiro atoms. The molecule has 0 aliphatic carbocycles. The summed E-state index contributed by atoms with van der Waals surface area (Å²) >= 11 is 12.3. The van der Waals surface area contributed by atoms with Gasteiger partial charge in [-0.25, -0.2) is 4.68 Å². The fraction of sp³-hybridized carbons (Fsp3) is 0.167. The van der Waals surface area contributed by atoms with Crippen molar-refractivity contribution in [2.45, 2.75) is 6.42 Å². The highest BCUT2D eigenvalue weighted by Crippen LogP contribution is 2.40. The summed E-state index contributed by atoms with van der Waals surface area (Å²) in [6.45, 7) is 1.13. The molecule has 1 N–H and O–H groups in total. The van der Waals surface area contributed by atoms with Crippen LogP contribution >= 0.6 is 23.2 Å². The average Bonchev–Trinajstić information content (AvgIpc) is 3.29. The van der Waals surface area contributed by atoms with E-state index < -0.39 is 0 Å². The van der Waals surface area contributed by atoms with Gasteiger partial charge in [0.2, 0.25) is 6.79 Å². The largest absolute Gasteiger partial charge is 0.454 e. The smallest absolute Gasteiger partial charge is 0.231 e. The fourth-order valence-electron chi connectivity index (χ4n) is 3.30. The van der Waals surface area contributed by atoms with E-state index in [1.54, 1.807) is 6.07 Å². The van der Waals surface area contributed by atoms with E-state index in [0.29, 0.717) is 10.0 Å². The average molecular weight is 374 g/mol. The highest BCUT2D eigenvalue weighted by molar-refractivity contribution is 6.34.